The van der Waals surface area contributed by atoms with Gasteiger partial charge in [0.2, 0.25) is 0 Å². The molecule has 0 atom stereocenters. The fourth-order valence-electron chi connectivity index (χ4n) is 2.07. The van der Waals surface area contributed by atoms with Gasteiger partial charge in [0.25, 0.3) is 5.91 Å². The SMILES string of the molecule is C/C(=N\C(=O)c1cccc(S)c1Cc1ccccc1)N(C)C. The van der Waals surface area contributed by atoms with E-state index in [4.69, 9.17) is 0 Å². The minimum atomic E-state index is -0.229. The Hall–Kier alpha value is -2.07. The zero-order chi connectivity index (χ0) is 16.1. The predicted molar refractivity (Wildman–Crippen MR) is 94.1 cm³/mol. The molecule has 0 aliphatic carbocycles. The maximum atomic E-state index is 12.5. The summed E-state index contributed by atoms with van der Waals surface area (Å²) >= 11 is 4.51. The van der Waals surface area contributed by atoms with Crippen molar-refractivity contribution in [1.82, 2.24) is 4.90 Å². The van der Waals surface area contributed by atoms with Gasteiger partial charge in [-0.05, 0) is 36.6 Å². The molecule has 0 fully saturated rings. The van der Waals surface area contributed by atoms with Crippen LogP contribution in [0.2, 0.25) is 0 Å². The van der Waals surface area contributed by atoms with E-state index < -0.39 is 0 Å². The van der Waals surface area contributed by atoms with Crippen molar-refractivity contribution in [2.24, 2.45) is 4.99 Å². The van der Waals surface area contributed by atoms with Crippen LogP contribution in [0, 0.1) is 0 Å². The fraction of sp³-hybridized carbons (Fsp3) is 0.222. The molecule has 2 aromatic carbocycles. The summed E-state index contributed by atoms with van der Waals surface area (Å²) in [6.07, 6.45) is 0.665. The van der Waals surface area contributed by atoms with Gasteiger partial charge >= 0.3 is 0 Å². The van der Waals surface area contributed by atoms with Gasteiger partial charge in [0, 0.05) is 24.6 Å². The van der Waals surface area contributed by atoms with Crippen LogP contribution in [0.1, 0.15) is 28.4 Å². The van der Waals surface area contributed by atoms with Gasteiger partial charge in [-0.2, -0.15) is 4.99 Å². The van der Waals surface area contributed by atoms with Crippen molar-refractivity contribution < 1.29 is 4.79 Å². The van der Waals surface area contributed by atoms with Crippen LogP contribution >= 0.6 is 12.6 Å². The number of aliphatic imine (C=N–C) groups is 1. The molecule has 0 spiro atoms. The first-order valence-electron chi connectivity index (χ1n) is 7.10. The van der Waals surface area contributed by atoms with Crippen molar-refractivity contribution >= 4 is 24.4 Å². The van der Waals surface area contributed by atoms with Crippen molar-refractivity contribution in [3.63, 3.8) is 0 Å². The van der Waals surface area contributed by atoms with Crippen LogP contribution < -0.4 is 0 Å². The van der Waals surface area contributed by atoms with E-state index in [2.05, 4.69) is 17.6 Å². The summed E-state index contributed by atoms with van der Waals surface area (Å²) in [5, 5.41) is 0. The van der Waals surface area contributed by atoms with E-state index in [9.17, 15) is 4.79 Å². The summed E-state index contributed by atoms with van der Waals surface area (Å²) in [5.41, 5.74) is 2.67. The molecule has 0 heterocycles. The molecule has 3 nitrogen and oxygen atoms in total. The Kier molecular flexibility index (Phi) is 5.39. The lowest BCUT2D eigenvalue weighted by Crippen LogP contribution is -2.20. The number of hydrogen-bond donors (Lipinski definition) is 1. The summed E-state index contributed by atoms with van der Waals surface area (Å²) in [6, 6.07) is 15.6. The summed E-state index contributed by atoms with van der Waals surface area (Å²) in [5.74, 6) is 0.452. The van der Waals surface area contributed by atoms with Crippen molar-refractivity contribution in [2.75, 3.05) is 14.1 Å². The summed E-state index contributed by atoms with van der Waals surface area (Å²) < 4.78 is 0. The zero-order valence-corrected chi connectivity index (χ0v) is 14.0. The van der Waals surface area contributed by atoms with Crippen LogP contribution in [0.15, 0.2) is 58.4 Å². The first kappa shape index (κ1) is 16.3. The molecule has 2 aromatic rings. The second-order valence-electron chi connectivity index (χ2n) is 5.32. The van der Waals surface area contributed by atoms with Crippen molar-refractivity contribution in [3.8, 4) is 0 Å². The molecular formula is C18H20N2OS. The Labute approximate surface area is 137 Å². The second kappa shape index (κ2) is 7.27. The van der Waals surface area contributed by atoms with E-state index in [0.29, 0.717) is 17.8 Å². The highest BCUT2D eigenvalue weighted by Crippen LogP contribution is 2.23. The second-order valence-corrected chi connectivity index (χ2v) is 5.81. The van der Waals surface area contributed by atoms with Gasteiger partial charge in [-0.25, -0.2) is 0 Å². The normalized spacial score (nSPS) is 11.4. The molecular weight excluding hydrogens is 292 g/mol. The molecule has 2 rings (SSSR count). The highest BCUT2D eigenvalue weighted by molar-refractivity contribution is 7.80. The maximum absolute atomic E-state index is 12.5. The van der Waals surface area contributed by atoms with Gasteiger partial charge in [0.1, 0.15) is 5.84 Å². The Morgan fingerprint density at radius 3 is 2.41 bits per heavy atom. The third-order valence-electron chi connectivity index (χ3n) is 3.52. The van der Waals surface area contributed by atoms with E-state index in [0.717, 1.165) is 16.0 Å². The predicted octanol–water partition coefficient (Wildman–Crippen LogP) is 3.69. The van der Waals surface area contributed by atoms with Crippen LogP contribution in [-0.4, -0.2) is 30.7 Å². The highest BCUT2D eigenvalue weighted by Gasteiger charge is 2.14. The van der Waals surface area contributed by atoms with Gasteiger partial charge in [-0.1, -0.05) is 36.4 Å². The minimum absolute atomic E-state index is 0.229. The number of nitrogens with zero attached hydrogens (tertiary/aromatic N) is 2. The molecule has 0 N–H and O–H groups in total. The van der Waals surface area contributed by atoms with E-state index in [-0.39, 0.29) is 5.91 Å². The van der Waals surface area contributed by atoms with E-state index >= 15 is 0 Å². The minimum Gasteiger partial charge on any atom is -0.366 e. The van der Waals surface area contributed by atoms with E-state index in [1.165, 1.54) is 0 Å². The summed E-state index contributed by atoms with van der Waals surface area (Å²) in [7, 11) is 3.73. The lowest BCUT2D eigenvalue weighted by atomic mass is 9.99. The molecule has 0 bridgehead atoms. The van der Waals surface area contributed by atoms with Crippen LogP contribution in [0.5, 0.6) is 0 Å². The molecule has 114 valence electrons. The van der Waals surface area contributed by atoms with Crippen LogP contribution in [0.3, 0.4) is 0 Å². The Balaban J connectivity index is 2.39. The number of carbonyl (C=O) groups excluding carboxylic acids is 1. The molecule has 0 aliphatic rings. The van der Waals surface area contributed by atoms with Crippen molar-refractivity contribution in [1.29, 1.82) is 0 Å². The van der Waals surface area contributed by atoms with Gasteiger partial charge in [-0.3, -0.25) is 4.79 Å². The lowest BCUT2D eigenvalue weighted by molar-refractivity contribution is 0.100. The first-order chi connectivity index (χ1) is 10.5. The van der Waals surface area contributed by atoms with Crippen LogP contribution in [-0.2, 0) is 6.42 Å². The van der Waals surface area contributed by atoms with E-state index in [1.54, 1.807) is 0 Å². The summed E-state index contributed by atoms with van der Waals surface area (Å²) in [4.78, 5) is 19.3. The van der Waals surface area contributed by atoms with Gasteiger partial charge in [0.05, 0.1) is 0 Å². The third-order valence-corrected chi connectivity index (χ3v) is 3.93. The number of amides is 1. The van der Waals surface area contributed by atoms with Crippen molar-refractivity contribution in [3.05, 3.63) is 65.2 Å². The van der Waals surface area contributed by atoms with Gasteiger partial charge in [-0.15, -0.1) is 12.6 Å². The maximum Gasteiger partial charge on any atom is 0.278 e. The number of rotatable bonds is 3. The molecule has 0 aromatic heterocycles. The monoisotopic (exact) mass is 312 g/mol. The number of amidine groups is 1. The molecule has 0 saturated heterocycles. The Morgan fingerprint density at radius 1 is 1.09 bits per heavy atom. The molecule has 1 amide bonds. The molecule has 0 radical (unpaired) electrons. The smallest absolute Gasteiger partial charge is 0.278 e. The number of hydrogen-bond acceptors (Lipinski definition) is 2. The highest BCUT2D eigenvalue weighted by atomic mass is 32.1. The lowest BCUT2D eigenvalue weighted by Gasteiger charge is -2.13. The number of carbonyl (C=O) groups is 1. The van der Waals surface area contributed by atoms with Crippen LogP contribution in [0.4, 0.5) is 0 Å². The van der Waals surface area contributed by atoms with Gasteiger partial charge < -0.3 is 4.90 Å². The molecule has 0 unspecified atom stereocenters. The zero-order valence-electron chi connectivity index (χ0n) is 13.1. The third kappa shape index (κ3) is 3.98. The average Bonchev–Trinajstić information content (AvgIpc) is 2.50. The van der Waals surface area contributed by atoms with Gasteiger partial charge in [0.15, 0.2) is 0 Å². The first-order valence-corrected chi connectivity index (χ1v) is 7.55. The standard InChI is InChI=1S/C18H20N2OS/c1-13(20(2)3)19-18(21)15-10-7-11-17(22)16(15)12-14-8-5-4-6-9-14/h4-11,22H,12H2,1-3H3/b19-13+. The van der Waals surface area contributed by atoms with Crippen molar-refractivity contribution in [2.45, 2.75) is 18.2 Å². The summed E-state index contributed by atoms with van der Waals surface area (Å²) in [6.45, 7) is 1.82. The molecule has 4 heteroatoms. The molecule has 22 heavy (non-hydrogen) atoms. The van der Waals surface area contributed by atoms with E-state index in [1.807, 2.05) is 74.4 Å². The molecule has 0 saturated carbocycles. The Bertz CT molecular complexity index is 693. The largest absolute Gasteiger partial charge is 0.366 e. The molecule has 0 aliphatic heterocycles. The topological polar surface area (TPSA) is 32.7 Å². The fourth-order valence-corrected chi connectivity index (χ4v) is 2.35. The number of thiol groups is 1. The Morgan fingerprint density at radius 2 is 1.77 bits per heavy atom. The number of benzene rings is 2. The quantitative estimate of drug-likeness (QED) is 0.533. The average molecular weight is 312 g/mol. The van der Waals surface area contributed by atoms with Crippen LogP contribution in [0.25, 0.3) is 0 Å².